The van der Waals surface area contributed by atoms with E-state index in [1.807, 2.05) is 11.8 Å². The molecule has 1 amide bonds. The van der Waals surface area contributed by atoms with E-state index in [2.05, 4.69) is 6.07 Å². The second-order valence-corrected chi connectivity index (χ2v) is 3.44. The van der Waals surface area contributed by atoms with Gasteiger partial charge >= 0.3 is 0 Å². The minimum absolute atomic E-state index is 0.0515. The van der Waals surface area contributed by atoms with Crippen LogP contribution in [-0.4, -0.2) is 29.9 Å². The van der Waals surface area contributed by atoms with Gasteiger partial charge in [0.25, 0.3) is 0 Å². The van der Waals surface area contributed by atoms with Gasteiger partial charge in [0.05, 0.1) is 18.0 Å². The maximum Gasteiger partial charge on any atom is 0.221 e. The number of carbonyl (C=O) groups excluding carboxylic acids is 1. The third-order valence-electron chi connectivity index (χ3n) is 2.60. The molecule has 1 aliphatic heterocycles. The Morgan fingerprint density at radius 1 is 1.85 bits per heavy atom. The molecule has 4 nitrogen and oxygen atoms in total. The quantitative estimate of drug-likeness (QED) is 0.671. The van der Waals surface area contributed by atoms with Crippen LogP contribution in [0.3, 0.4) is 0 Å². The van der Waals surface area contributed by atoms with Crippen LogP contribution in [0.2, 0.25) is 0 Å². The van der Waals surface area contributed by atoms with E-state index in [-0.39, 0.29) is 17.9 Å². The van der Waals surface area contributed by atoms with Gasteiger partial charge in [0, 0.05) is 13.1 Å². The topological polar surface area (TPSA) is 70.1 Å². The monoisotopic (exact) mass is 181 g/mol. The normalized spacial score (nSPS) is 25.4. The summed E-state index contributed by atoms with van der Waals surface area (Å²) in [6.45, 7) is 3.45. The summed E-state index contributed by atoms with van der Waals surface area (Å²) in [5.41, 5.74) is 5.19. The Labute approximate surface area is 78.3 Å². The van der Waals surface area contributed by atoms with Gasteiger partial charge in [0.1, 0.15) is 0 Å². The van der Waals surface area contributed by atoms with Gasteiger partial charge in [-0.15, -0.1) is 0 Å². The molecule has 1 fully saturated rings. The summed E-state index contributed by atoms with van der Waals surface area (Å²) in [5.74, 6) is -0.294. The zero-order valence-corrected chi connectivity index (χ0v) is 7.86. The predicted octanol–water partition coefficient (Wildman–Crippen LogP) is 0.0958. The standard InChI is InChI=1S/C9H15N3O/c1-2-8(5-10)12-4-3-7(6-12)9(11)13/h7-8H,2-4,6H2,1H3,(H2,11,13). The van der Waals surface area contributed by atoms with Crippen LogP contribution < -0.4 is 5.73 Å². The van der Waals surface area contributed by atoms with Gasteiger partial charge in [0.15, 0.2) is 0 Å². The molecule has 2 N–H and O–H groups in total. The van der Waals surface area contributed by atoms with Crippen molar-refractivity contribution in [3.05, 3.63) is 0 Å². The highest BCUT2D eigenvalue weighted by Crippen LogP contribution is 2.19. The number of carbonyl (C=O) groups is 1. The van der Waals surface area contributed by atoms with Crippen molar-refractivity contribution in [3.8, 4) is 6.07 Å². The van der Waals surface area contributed by atoms with E-state index in [1.165, 1.54) is 0 Å². The molecule has 0 aromatic heterocycles. The third kappa shape index (κ3) is 2.19. The molecule has 1 rings (SSSR count). The number of nitrogens with two attached hydrogens (primary N) is 1. The Balaban J connectivity index is 2.49. The van der Waals surface area contributed by atoms with Crippen LogP contribution in [0.5, 0.6) is 0 Å². The Morgan fingerprint density at radius 3 is 2.92 bits per heavy atom. The van der Waals surface area contributed by atoms with Crippen molar-refractivity contribution in [2.24, 2.45) is 11.7 Å². The Hall–Kier alpha value is -1.08. The zero-order chi connectivity index (χ0) is 9.84. The van der Waals surface area contributed by atoms with Crippen LogP contribution in [-0.2, 0) is 4.79 Å². The fourth-order valence-corrected chi connectivity index (χ4v) is 1.73. The zero-order valence-electron chi connectivity index (χ0n) is 7.86. The van der Waals surface area contributed by atoms with Crippen molar-refractivity contribution < 1.29 is 4.79 Å². The highest BCUT2D eigenvalue weighted by atomic mass is 16.1. The number of amides is 1. The summed E-state index contributed by atoms with van der Waals surface area (Å²) in [5, 5.41) is 8.80. The van der Waals surface area contributed by atoms with Crippen LogP contribution in [0.15, 0.2) is 0 Å². The van der Waals surface area contributed by atoms with Crippen LogP contribution in [0.25, 0.3) is 0 Å². The molecule has 0 spiro atoms. The fraction of sp³-hybridized carbons (Fsp3) is 0.778. The molecule has 0 aliphatic carbocycles. The predicted molar refractivity (Wildman–Crippen MR) is 48.6 cm³/mol. The minimum Gasteiger partial charge on any atom is -0.369 e. The number of hydrogen-bond donors (Lipinski definition) is 1. The number of rotatable bonds is 3. The van der Waals surface area contributed by atoms with Gasteiger partial charge in [-0.05, 0) is 12.8 Å². The maximum atomic E-state index is 10.9. The van der Waals surface area contributed by atoms with Crippen LogP contribution in [0.4, 0.5) is 0 Å². The van der Waals surface area contributed by atoms with Crippen molar-refractivity contribution in [1.29, 1.82) is 5.26 Å². The first-order chi connectivity index (χ1) is 6.19. The van der Waals surface area contributed by atoms with Crippen molar-refractivity contribution in [1.82, 2.24) is 4.90 Å². The molecule has 2 atom stereocenters. The average molecular weight is 181 g/mol. The number of hydrogen-bond acceptors (Lipinski definition) is 3. The van der Waals surface area contributed by atoms with Gasteiger partial charge in [0.2, 0.25) is 5.91 Å². The van der Waals surface area contributed by atoms with E-state index in [0.29, 0.717) is 6.54 Å². The van der Waals surface area contributed by atoms with E-state index in [4.69, 9.17) is 11.0 Å². The Kier molecular flexibility index (Phi) is 3.26. The molecule has 1 aliphatic rings. The number of primary amides is 1. The van der Waals surface area contributed by atoms with E-state index >= 15 is 0 Å². The second-order valence-electron chi connectivity index (χ2n) is 3.44. The summed E-state index contributed by atoms with van der Waals surface area (Å²) < 4.78 is 0. The van der Waals surface area contributed by atoms with E-state index in [1.54, 1.807) is 0 Å². The van der Waals surface area contributed by atoms with Crippen LogP contribution in [0.1, 0.15) is 19.8 Å². The molecule has 2 unspecified atom stereocenters. The molecule has 0 aromatic rings. The van der Waals surface area contributed by atoms with Crippen molar-refractivity contribution in [2.45, 2.75) is 25.8 Å². The van der Waals surface area contributed by atoms with Crippen LogP contribution >= 0.6 is 0 Å². The lowest BCUT2D eigenvalue weighted by atomic mass is 10.1. The van der Waals surface area contributed by atoms with Crippen molar-refractivity contribution in [3.63, 3.8) is 0 Å². The minimum atomic E-state index is -0.240. The first kappa shape index (κ1) is 10.0. The van der Waals surface area contributed by atoms with Crippen LogP contribution in [0, 0.1) is 17.2 Å². The van der Waals surface area contributed by atoms with Gasteiger partial charge in [-0.1, -0.05) is 6.92 Å². The van der Waals surface area contributed by atoms with Gasteiger partial charge in [-0.3, -0.25) is 9.69 Å². The lowest BCUT2D eigenvalue weighted by molar-refractivity contribution is -0.121. The maximum absolute atomic E-state index is 10.9. The molecule has 0 bridgehead atoms. The van der Waals surface area contributed by atoms with Gasteiger partial charge < -0.3 is 5.73 Å². The average Bonchev–Trinajstić information content (AvgIpc) is 2.56. The smallest absolute Gasteiger partial charge is 0.221 e. The molecule has 0 radical (unpaired) electrons. The Bertz CT molecular complexity index is 234. The second kappa shape index (κ2) is 4.24. The van der Waals surface area contributed by atoms with Crippen molar-refractivity contribution in [2.75, 3.05) is 13.1 Å². The molecule has 13 heavy (non-hydrogen) atoms. The summed E-state index contributed by atoms with van der Waals surface area (Å²) in [6.07, 6.45) is 1.61. The number of likely N-dealkylation sites (tertiary alicyclic amines) is 1. The highest BCUT2D eigenvalue weighted by Gasteiger charge is 2.30. The molecule has 72 valence electrons. The van der Waals surface area contributed by atoms with Gasteiger partial charge in [-0.2, -0.15) is 5.26 Å². The summed E-state index contributed by atoms with van der Waals surface area (Å²) in [4.78, 5) is 12.9. The Morgan fingerprint density at radius 2 is 2.54 bits per heavy atom. The summed E-state index contributed by atoms with van der Waals surface area (Å²) >= 11 is 0. The first-order valence-corrected chi connectivity index (χ1v) is 4.62. The molecular weight excluding hydrogens is 166 g/mol. The lowest BCUT2D eigenvalue weighted by Crippen LogP contribution is -2.33. The summed E-state index contributed by atoms with van der Waals surface area (Å²) in [6, 6.07) is 2.18. The van der Waals surface area contributed by atoms with E-state index in [0.717, 1.165) is 19.4 Å². The summed E-state index contributed by atoms with van der Waals surface area (Å²) in [7, 11) is 0. The van der Waals surface area contributed by atoms with E-state index < -0.39 is 0 Å². The molecule has 1 saturated heterocycles. The lowest BCUT2D eigenvalue weighted by Gasteiger charge is -2.19. The molecule has 1 heterocycles. The molecule has 0 saturated carbocycles. The SMILES string of the molecule is CCC(C#N)N1CCC(C(N)=O)C1. The number of nitrogens with zero attached hydrogens (tertiary/aromatic N) is 2. The number of nitriles is 1. The molecule has 4 heteroatoms. The largest absolute Gasteiger partial charge is 0.369 e. The van der Waals surface area contributed by atoms with E-state index in [9.17, 15) is 4.79 Å². The third-order valence-corrected chi connectivity index (χ3v) is 2.60. The van der Waals surface area contributed by atoms with Gasteiger partial charge in [-0.25, -0.2) is 0 Å². The first-order valence-electron chi connectivity index (χ1n) is 4.62. The van der Waals surface area contributed by atoms with Crippen molar-refractivity contribution >= 4 is 5.91 Å². The molecular formula is C9H15N3O. The highest BCUT2D eigenvalue weighted by molar-refractivity contribution is 5.77. The fourth-order valence-electron chi connectivity index (χ4n) is 1.73. The molecule has 0 aromatic carbocycles.